The Balaban J connectivity index is 1.47. The molecule has 0 aliphatic carbocycles. The average Bonchev–Trinajstić information content (AvgIpc) is 3.08. The van der Waals surface area contributed by atoms with Crippen molar-refractivity contribution in [2.75, 3.05) is 4.90 Å². The number of rotatable bonds is 3. The Labute approximate surface area is 263 Å². The molecular formula is C41H30N2S. The fraction of sp³-hybridized carbons (Fsp3) is 0.0976. The number of fused-ring (bicyclic) bond motifs is 4. The summed E-state index contributed by atoms with van der Waals surface area (Å²) in [5, 5.41) is 9.67. The van der Waals surface area contributed by atoms with E-state index in [0.717, 1.165) is 11.3 Å². The van der Waals surface area contributed by atoms with Gasteiger partial charge < -0.3 is 4.90 Å². The van der Waals surface area contributed by atoms with E-state index >= 15 is 0 Å². The summed E-state index contributed by atoms with van der Waals surface area (Å²) >= 11 is 1.84. The number of benzene rings is 6. The van der Waals surface area contributed by atoms with Crippen LogP contribution in [-0.4, -0.2) is 0 Å². The van der Waals surface area contributed by atoms with Crippen molar-refractivity contribution in [3.05, 3.63) is 185 Å². The molecular weight excluding hydrogens is 553 g/mol. The molecule has 0 saturated heterocycles. The smallest absolute Gasteiger partial charge is 0.0991 e. The molecule has 6 aromatic carbocycles. The standard InChI is InChI=1S/C41H30N2S/c1-40(2)32-14-6-9-17-36(32)43(31-12-4-3-5-13-31)37-25-24-30(26-35(37)40)41(29-22-20-28(27-42)21-23-29)33-15-7-10-18-38(33)44-39-19-11-8-16-34(39)41/h3-26H,1-2H3. The first-order valence-corrected chi connectivity index (χ1v) is 15.8. The summed E-state index contributed by atoms with van der Waals surface area (Å²) in [6.45, 7) is 4.70. The summed E-state index contributed by atoms with van der Waals surface area (Å²) in [6.07, 6.45) is 0. The zero-order valence-corrected chi connectivity index (χ0v) is 25.5. The molecule has 44 heavy (non-hydrogen) atoms. The monoisotopic (exact) mass is 582 g/mol. The first kappa shape index (κ1) is 26.6. The van der Waals surface area contributed by atoms with Gasteiger partial charge in [0.25, 0.3) is 0 Å². The Morgan fingerprint density at radius 1 is 0.545 bits per heavy atom. The first-order valence-electron chi connectivity index (χ1n) is 15.0. The number of hydrogen-bond donors (Lipinski definition) is 0. The highest BCUT2D eigenvalue weighted by Crippen LogP contribution is 2.58. The molecule has 2 nitrogen and oxygen atoms in total. The van der Waals surface area contributed by atoms with Crippen LogP contribution in [0.2, 0.25) is 0 Å². The molecule has 0 spiro atoms. The second kappa shape index (κ2) is 10.0. The Bertz CT molecular complexity index is 2040. The summed E-state index contributed by atoms with van der Waals surface area (Å²) in [5.41, 5.74) is 10.9. The minimum absolute atomic E-state index is 0.235. The van der Waals surface area contributed by atoms with Crippen LogP contribution in [0.4, 0.5) is 17.1 Å². The van der Waals surface area contributed by atoms with Gasteiger partial charge in [-0.1, -0.05) is 123 Å². The molecule has 0 radical (unpaired) electrons. The van der Waals surface area contributed by atoms with Gasteiger partial charge in [-0.05, 0) is 81.9 Å². The molecule has 0 N–H and O–H groups in total. The van der Waals surface area contributed by atoms with Crippen molar-refractivity contribution in [3.63, 3.8) is 0 Å². The van der Waals surface area contributed by atoms with E-state index in [1.807, 2.05) is 23.9 Å². The minimum Gasteiger partial charge on any atom is -0.310 e. The van der Waals surface area contributed by atoms with Gasteiger partial charge in [-0.25, -0.2) is 0 Å². The molecule has 8 rings (SSSR count). The second-order valence-corrected chi connectivity index (χ2v) is 13.2. The van der Waals surface area contributed by atoms with Crippen LogP contribution in [0, 0.1) is 11.3 Å². The van der Waals surface area contributed by atoms with Crippen molar-refractivity contribution >= 4 is 28.8 Å². The van der Waals surface area contributed by atoms with Crippen LogP contribution in [-0.2, 0) is 10.8 Å². The maximum absolute atomic E-state index is 9.67. The van der Waals surface area contributed by atoms with E-state index in [4.69, 9.17) is 0 Å². The van der Waals surface area contributed by atoms with Crippen LogP contribution in [0.1, 0.15) is 52.8 Å². The fourth-order valence-corrected chi connectivity index (χ4v) is 8.56. The molecule has 0 fully saturated rings. The lowest BCUT2D eigenvalue weighted by Gasteiger charge is -2.45. The van der Waals surface area contributed by atoms with Gasteiger partial charge in [0.2, 0.25) is 0 Å². The van der Waals surface area contributed by atoms with Crippen molar-refractivity contribution in [3.8, 4) is 6.07 Å². The maximum Gasteiger partial charge on any atom is 0.0991 e. The molecule has 2 aliphatic rings. The van der Waals surface area contributed by atoms with Crippen molar-refractivity contribution in [2.45, 2.75) is 34.5 Å². The summed E-state index contributed by atoms with van der Waals surface area (Å²) in [6, 6.07) is 54.8. The average molecular weight is 583 g/mol. The molecule has 0 bridgehead atoms. The number of para-hydroxylation sites is 2. The third kappa shape index (κ3) is 3.75. The molecule has 0 amide bonds. The van der Waals surface area contributed by atoms with E-state index in [1.54, 1.807) is 0 Å². The molecule has 0 saturated carbocycles. The summed E-state index contributed by atoms with van der Waals surface area (Å²) in [4.78, 5) is 4.92. The highest BCUT2D eigenvalue weighted by atomic mass is 32.2. The van der Waals surface area contributed by atoms with Gasteiger partial charge >= 0.3 is 0 Å². The van der Waals surface area contributed by atoms with Crippen LogP contribution in [0.15, 0.2) is 155 Å². The van der Waals surface area contributed by atoms with Gasteiger partial charge in [-0.2, -0.15) is 5.26 Å². The van der Waals surface area contributed by atoms with Crippen LogP contribution < -0.4 is 4.90 Å². The van der Waals surface area contributed by atoms with Gasteiger partial charge in [-0.15, -0.1) is 0 Å². The lowest BCUT2D eigenvalue weighted by atomic mass is 9.63. The number of nitrogens with zero attached hydrogens (tertiary/aromatic N) is 2. The maximum atomic E-state index is 9.67. The molecule has 3 heteroatoms. The van der Waals surface area contributed by atoms with E-state index in [2.05, 4.69) is 158 Å². The number of anilines is 3. The molecule has 0 atom stereocenters. The normalized spacial score (nSPS) is 15.2. The minimum atomic E-state index is -0.563. The third-order valence-corrected chi connectivity index (χ3v) is 10.6. The van der Waals surface area contributed by atoms with E-state index in [1.165, 1.54) is 49.0 Å². The largest absolute Gasteiger partial charge is 0.310 e. The van der Waals surface area contributed by atoms with E-state index in [9.17, 15) is 5.26 Å². The van der Waals surface area contributed by atoms with Crippen molar-refractivity contribution in [2.24, 2.45) is 0 Å². The van der Waals surface area contributed by atoms with Crippen LogP contribution in [0.25, 0.3) is 0 Å². The van der Waals surface area contributed by atoms with Crippen molar-refractivity contribution in [1.82, 2.24) is 0 Å². The molecule has 6 aromatic rings. The summed E-state index contributed by atoms with van der Waals surface area (Å²) < 4.78 is 0. The van der Waals surface area contributed by atoms with Gasteiger partial charge in [0.15, 0.2) is 0 Å². The fourth-order valence-electron chi connectivity index (χ4n) is 7.37. The lowest BCUT2D eigenvalue weighted by molar-refractivity contribution is 0.625. The van der Waals surface area contributed by atoms with Crippen LogP contribution in [0.3, 0.4) is 0 Å². The summed E-state index contributed by atoms with van der Waals surface area (Å²) in [5.74, 6) is 0. The predicted molar refractivity (Wildman–Crippen MR) is 180 cm³/mol. The van der Waals surface area contributed by atoms with Gasteiger partial charge in [0, 0.05) is 20.9 Å². The highest BCUT2D eigenvalue weighted by molar-refractivity contribution is 7.99. The van der Waals surface area contributed by atoms with Crippen LogP contribution >= 0.6 is 11.8 Å². The summed E-state index contributed by atoms with van der Waals surface area (Å²) in [7, 11) is 0. The lowest BCUT2D eigenvalue weighted by Crippen LogP contribution is -2.36. The number of hydrogen-bond acceptors (Lipinski definition) is 3. The van der Waals surface area contributed by atoms with Crippen molar-refractivity contribution in [1.29, 1.82) is 5.26 Å². The van der Waals surface area contributed by atoms with Crippen molar-refractivity contribution < 1.29 is 0 Å². The predicted octanol–water partition coefficient (Wildman–Crippen LogP) is 10.5. The van der Waals surface area contributed by atoms with E-state index < -0.39 is 5.41 Å². The molecule has 2 heterocycles. The van der Waals surface area contributed by atoms with Gasteiger partial charge in [-0.3, -0.25) is 0 Å². The Hall–Kier alpha value is -5.04. The zero-order valence-electron chi connectivity index (χ0n) is 24.7. The van der Waals surface area contributed by atoms with E-state index in [-0.39, 0.29) is 5.41 Å². The molecule has 0 aromatic heterocycles. The first-order chi connectivity index (χ1) is 21.5. The second-order valence-electron chi connectivity index (χ2n) is 12.1. The molecule has 0 unspecified atom stereocenters. The molecule has 210 valence electrons. The Kier molecular flexibility index (Phi) is 6.05. The zero-order chi connectivity index (χ0) is 29.9. The van der Waals surface area contributed by atoms with E-state index in [0.29, 0.717) is 5.56 Å². The Morgan fingerprint density at radius 3 is 1.75 bits per heavy atom. The van der Waals surface area contributed by atoms with Gasteiger partial charge in [0.1, 0.15) is 0 Å². The van der Waals surface area contributed by atoms with Crippen LogP contribution in [0.5, 0.6) is 0 Å². The SMILES string of the molecule is CC1(C)c2ccccc2N(c2ccccc2)c2ccc(C3(c4ccc(C#N)cc4)c4ccccc4Sc4ccccc43)cc21. The third-order valence-electron chi connectivity index (χ3n) is 9.43. The molecule has 2 aliphatic heterocycles. The quantitative estimate of drug-likeness (QED) is 0.207. The van der Waals surface area contributed by atoms with Gasteiger partial charge in [0.05, 0.1) is 28.4 Å². The number of nitriles is 1. The highest BCUT2D eigenvalue weighted by Gasteiger charge is 2.46. The topological polar surface area (TPSA) is 27.0 Å². The Morgan fingerprint density at radius 2 is 1.09 bits per heavy atom.